The molecule has 0 radical (unpaired) electrons. The van der Waals surface area contributed by atoms with Gasteiger partial charge in [0.25, 0.3) is 5.89 Å². The summed E-state index contributed by atoms with van der Waals surface area (Å²) in [5, 5.41) is 4.00. The highest BCUT2D eigenvalue weighted by atomic mass is 16.5. The number of carbonyl (C=O) groups is 1. The summed E-state index contributed by atoms with van der Waals surface area (Å²) in [5.74, 6) is 1.54. The van der Waals surface area contributed by atoms with Gasteiger partial charge in [-0.25, -0.2) is 0 Å². The standard InChI is InChI=1S/C20H19N3O3/c1-3-20(4-2)11-16(24)15-10-13(7-8-17(15)25-20)19-22-18(23-26-19)14-6-5-9-21-12-14/h5-10,12H,3-4,11H2,1-2H3. The van der Waals surface area contributed by atoms with Crippen molar-refractivity contribution in [3.05, 3.63) is 48.3 Å². The van der Waals surface area contributed by atoms with Crippen molar-refractivity contribution in [3.63, 3.8) is 0 Å². The van der Waals surface area contributed by atoms with Gasteiger partial charge in [-0.3, -0.25) is 9.78 Å². The van der Waals surface area contributed by atoms with E-state index in [1.165, 1.54) is 0 Å². The summed E-state index contributed by atoms with van der Waals surface area (Å²) in [7, 11) is 0. The largest absolute Gasteiger partial charge is 0.486 e. The van der Waals surface area contributed by atoms with Crippen molar-refractivity contribution >= 4 is 5.78 Å². The summed E-state index contributed by atoms with van der Waals surface area (Å²) in [6.07, 6.45) is 5.35. The van der Waals surface area contributed by atoms with Crippen LogP contribution in [0.1, 0.15) is 43.5 Å². The van der Waals surface area contributed by atoms with Gasteiger partial charge < -0.3 is 9.26 Å². The van der Waals surface area contributed by atoms with Crippen LogP contribution in [0.3, 0.4) is 0 Å². The molecule has 1 aliphatic rings. The molecular weight excluding hydrogens is 330 g/mol. The van der Waals surface area contributed by atoms with Gasteiger partial charge >= 0.3 is 0 Å². The number of benzene rings is 1. The van der Waals surface area contributed by atoms with Gasteiger partial charge in [0, 0.05) is 23.5 Å². The molecule has 3 aromatic rings. The minimum atomic E-state index is -0.399. The van der Waals surface area contributed by atoms with Gasteiger partial charge in [0.2, 0.25) is 5.82 Å². The van der Waals surface area contributed by atoms with Crippen molar-refractivity contribution in [1.29, 1.82) is 0 Å². The monoisotopic (exact) mass is 349 g/mol. The third-order valence-corrected chi connectivity index (χ3v) is 4.97. The number of aromatic nitrogens is 3. The number of ether oxygens (including phenoxy) is 1. The average molecular weight is 349 g/mol. The van der Waals surface area contributed by atoms with Crippen LogP contribution in [0.15, 0.2) is 47.2 Å². The van der Waals surface area contributed by atoms with E-state index < -0.39 is 5.60 Å². The molecule has 132 valence electrons. The van der Waals surface area contributed by atoms with E-state index in [1.807, 2.05) is 24.3 Å². The molecule has 0 unspecified atom stereocenters. The maximum atomic E-state index is 12.7. The number of nitrogens with zero attached hydrogens (tertiary/aromatic N) is 3. The lowest BCUT2D eigenvalue weighted by molar-refractivity contribution is 0.0350. The first-order chi connectivity index (χ1) is 12.6. The second-order valence-corrected chi connectivity index (χ2v) is 6.47. The Morgan fingerprint density at radius 1 is 1.15 bits per heavy atom. The molecule has 3 heterocycles. The Balaban J connectivity index is 1.68. The van der Waals surface area contributed by atoms with Crippen LogP contribution in [0.25, 0.3) is 22.8 Å². The van der Waals surface area contributed by atoms with Crippen molar-refractivity contribution in [1.82, 2.24) is 15.1 Å². The molecule has 0 aliphatic carbocycles. The lowest BCUT2D eigenvalue weighted by Crippen LogP contribution is -2.40. The number of rotatable bonds is 4. The fourth-order valence-corrected chi connectivity index (χ4v) is 3.22. The molecule has 0 spiro atoms. The molecule has 1 aliphatic heterocycles. The van der Waals surface area contributed by atoms with E-state index in [0.29, 0.717) is 35.0 Å². The number of pyridine rings is 1. The number of Topliss-reactive ketones (excluding diaryl/α,β-unsaturated/α-hetero) is 1. The van der Waals surface area contributed by atoms with E-state index in [2.05, 4.69) is 29.0 Å². The van der Waals surface area contributed by atoms with Crippen molar-refractivity contribution < 1.29 is 14.1 Å². The SMILES string of the molecule is CCC1(CC)CC(=O)c2cc(-c3nc(-c4cccnc4)no3)ccc2O1. The molecular formula is C20H19N3O3. The van der Waals surface area contributed by atoms with Crippen LogP contribution in [0.4, 0.5) is 0 Å². The van der Waals surface area contributed by atoms with Crippen LogP contribution >= 0.6 is 0 Å². The highest BCUT2D eigenvalue weighted by Gasteiger charge is 2.37. The van der Waals surface area contributed by atoms with Crippen molar-refractivity contribution in [3.8, 4) is 28.6 Å². The molecule has 2 aromatic heterocycles. The summed E-state index contributed by atoms with van der Waals surface area (Å²) in [4.78, 5) is 21.1. The van der Waals surface area contributed by atoms with Crippen LogP contribution in [0, 0.1) is 0 Å². The molecule has 1 aromatic carbocycles. The predicted octanol–water partition coefficient (Wildman–Crippen LogP) is 4.32. The van der Waals surface area contributed by atoms with Gasteiger partial charge in [0.15, 0.2) is 5.78 Å². The fraction of sp³-hybridized carbons (Fsp3) is 0.300. The Bertz CT molecular complexity index is 946. The van der Waals surface area contributed by atoms with E-state index in [1.54, 1.807) is 18.5 Å². The lowest BCUT2D eigenvalue weighted by Gasteiger charge is -2.36. The molecule has 6 heteroatoms. The third kappa shape index (κ3) is 2.77. The molecule has 6 nitrogen and oxygen atoms in total. The zero-order valence-electron chi connectivity index (χ0n) is 14.7. The summed E-state index contributed by atoms with van der Waals surface area (Å²) in [6.45, 7) is 4.10. The number of ketones is 1. The zero-order chi connectivity index (χ0) is 18.1. The topological polar surface area (TPSA) is 78.1 Å². The van der Waals surface area contributed by atoms with Gasteiger partial charge in [-0.1, -0.05) is 19.0 Å². The third-order valence-electron chi connectivity index (χ3n) is 4.97. The fourth-order valence-electron chi connectivity index (χ4n) is 3.22. The second-order valence-electron chi connectivity index (χ2n) is 6.47. The normalized spacial score (nSPS) is 15.4. The summed E-state index contributed by atoms with van der Waals surface area (Å²) in [6, 6.07) is 9.10. The van der Waals surface area contributed by atoms with E-state index in [4.69, 9.17) is 9.26 Å². The Kier molecular flexibility index (Phi) is 4.03. The molecule has 0 fully saturated rings. The van der Waals surface area contributed by atoms with E-state index >= 15 is 0 Å². The number of carbonyl (C=O) groups excluding carboxylic acids is 1. The van der Waals surface area contributed by atoms with E-state index in [-0.39, 0.29) is 5.78 Å². The Morgan fingerprint density at radius 2 is 2.00 bits per heavy atom. The van der Waals surface area contributed by atoms with Gasteiger partial charge in [0.1, 0.15) is 11.4 Å². The van der Waals surface area contributed by atoms with E-state index in [9.17, 15) is 4.79 Å². The van der Waals surface area contributed by atoms with Crippen LogP contribution in [0.2, 0.25) is 0 Å². The summed E-state index contributed by atoms with van der Waals surface area (Å²) < 4.78 is 11.5. The van der Waals surface area contributed by atoms with Gasteiger partial charge in [-0.05, 0) is 43.2 Å². The van der Waals surface area contributed by atoms with Crippen molar-refractivity contribution in [2.75, 3.05) is 0 Å². The number of hydrogen-bond acceptors (Lipinski definition) is 6. The van der Waals surface area contributed by atoms with Crippen LogP contribution in [-0.4, -0.2) is 26.5 Å². The molecule has 26 heavy (non-hydrogen) atoms. The second kappa shape index (κ2) is 6.37. The molecule has 0 saturated carbocycles. The summed E-state index contributed by atoms with van der Waals surface area (Å²) >= 11 is 0. The maximum Gasteiger partial charge on any atom is 0.258 e. The first-order valence-electron chi connectivity index (χ1n) is 8.75. The van der Waals surface area contributed by atoms with Gasteiger partial charge in [-0.2, -0.15) is 4.98 Å². The van der Waals surface area contributed by atoms with Gasteiger partial charge in [0.05, 0.1) is 12.0 Å². The highest BCUT2D eigenvalue weighted by molar-refractivity contribution is 6.01. The quantitative estimate of drug-likeness (QED) is 0.698. The van der Waals surface area contributed by atoms with Crippen molar-refractivity contribution in [2.24, 2.45) is 0 Å². The number of hydrogen-bond donors (Lipinski definition) is 0. The highest BCUT2D eigenvalue weighted by Crippen LogP contribution is 2.38. The van der Waals surface area contributed by atoms with Crippen LogP contribution in [0.5, 0.6) is 5.75 Å². The Morgan fingerprint density at radius 3 is 2.73 bits per heavy atom. The van der Waals surface area contributed by atoms with E-state index in [0.717, 1.165) is 18.4 Å². The van der Waals surface area contributed by atoms with Crippen molar-refractivity contribution in [2.45, 2.75) is 38.7 Å². The first kappa shape index (κ1) is 16.4. The molecule has 0 N–H and O–H groups in total. The van der Waals surface area contributed by atoms with Crippen LogP contribution in [-0.2, 0) is 0 Å². The predicted molar refractivity (Wildman–Crippen MR) is 95.9 cm³/mol. The first-order valence-corrected chi connectivity index (χ1v) is 8.75. The van der Waals surface area contributed by atoms with Gasteiger partial charge in [-0.15, -0.1) is 0 Å². The molecule has 4 rings (SSSR count). The lowest BCUT2D eigenvalue weighted by atomic mass is 9.85. The maximum absolute atomic E-state index is 12.7. The minimum absolute atomic E-state index is 0.0869. The molecule has 0 atom stereocenters. The average Bonchev–Trinajstić information content (AvgIpc) is 3.18. The molecule has 0 saturated heterocycles. The Hall–Kier alpha value is -3.02. The smallest absolute Gasteiger partial charge is 0.258 e. The molecule has 0 amide bonds. The molecule has 0 bridgehead atoms. The minimum Gasteiger partial charge on any atom is -0.486 e. The number of fused-ring (bicyclic) bond motifs is 1. The zero-order valence-corrected chi connectivity index (χ0v) is 14.7. The Labute approximate surface area is 151 Å². The summed E-state index contributed by atoms with van der Waals surface area (Å²) in [5.41, 5.74) is 1.64. The van der Waals surface area contributed by atoms with Crippen LogP contribution < -0.4 is 4.74 Å².